The van der Waals surface area contributed by atoms with Crippen molar-refractivity contribution >= 4 is 6.29 Å². The van der Waals surface area contributed by atoms with Gasteiger partial charge in [-0.15, -0.1) is 0 Å². The molecule has 0 heterocycles. The molecule has 0 atom stereocenters. The normalized spacial score (nSPS) is 9.89. The summed E-state index contributed by atoms with van der Waals surface area (Å²) in [6.45, 7) is 2.80. The van der Waals surface area contributed by atoms with Crippen LogP contribution >= 0.6 is 0 Å². The highest BCUT2D eigenvalue weighted by Crippen LogP contribution is 1.87. The van der Waals surface area contributed by atoms with E-state index in [2.05, 4.69) is 6.92 Å². The third-order valence-corrected chi connectivity index (χ3v) is 0.869. The fraction of sp³-hybridized carbons (Fsp3) is 0.571. The van der Waals surface area contributed by atoms with Crippen LogP contribution in [0.1, 0.15) is 19.8 Å². The molecule has 0 amide bonds. The summed E-state index contributed by atoms with van der Waals surface area (Å²) in [4.78, 5) is 9.67. The predicted molar refractivity (Wildman–Crippen MR) is 36.1 cm³/mol. The Labute approximate surface area is 55.5 Å². The fourth-order valence-corrected chi connectivity index (χ4v) is 0.383. The zero-order valence-electron chi connectivity index (χ0n) is 5.67. The molecular formula is C7H12O2. The van der Waals surface area contributed by atoms with Gasteiger partial charge < -0.3 is 4.74 Å². The lowest BCUT2D eigenvalue weighted by Crippen LogP contribution is -1.84. The van der Waals surface area contributed by atoms with Gasteiger partial charge >= 0.3 is 0 Å². The Morgan fingerprint density at radius 2 is 2.33 bits per heavy atom. The molecular weight excluding hydrogens is 116 g/mol. The van der Waals surface area contributed by atoms with E-state index >= 15 is 0 Å². The first-order valence-corrected chi connectivity index (χ1v) is 3.13. The van der Waals surface area contributed by atoms with Crippen LogP contribution in [0.15, 0.2) is 12.3 Å². The van der Waals surface area contributed by atoms with E-state index in [0.717, 1.165) is 12.8 Å². The minimum absolute atomic E-state index is 0.700. The number of carbonyl (C=O) groups excluding carboxylic acids is 1. The van der Waals surface area contributed by atoms with Gasteiger partial charge in [0.25, 0.3) is 0 Å². The van der Waals surface area contributed by atoms with Crippen molar-refractivity contribution in [3.05, 3.63) is 12.3 Å². The Hall–Kier alpha value is -0.790. The molecule has 0 radical (unpaired) electrons. The van der Waals surface area contributed by atoms with Crippen molar-refractivity contribution in [3.8, 4) is 0 Å². The van der Waals surface area contributed by atoms with E-state index in [4.69, 9.17) is 4.74 Å². The molecule has 0 N–H and O–H groups in total. The smallest absolute Gasteiger partial charge is 0.145 e. The monoisotopic (exact) mass is 128 g/mol. The van der Waals surface area contributed by atoms with Crippen molar-refractivity contribution in [1.29, 1.82) is 0 Å². The van der Waals surface area contributed by atoms with Gasteiger partial charge in [-0.05, 0) is 6.42 Å². The number of carbonyl (C=O) groups is 1. The highest BCUT2D eigenvalue weighted by atomic mass is 16.5. The molecule has 0 aliphatic rings. The topological polar surface area (TPSA) is 26.3 Å². The maximum absolute atomic E-state index is 9.67. The van der Waals surface area contributed by atoms with E-state index in [0.29, 0.717) is 12.9 Å². The number of aldehydes is 1. The third kappa shape index (κ3) is 7.21. The number of ether oxygens (including phenoxy) is 1. The first-order chi connectivity index (χ1) is 4.41. The highest BCUT2D eigenvalue weighted by Gasteiger charge is 1.78. The van der Waals surface area contributed by atoms with Crippen LogP contribution in [-0.2, 0) is 9.53 Å². The Morgan fingerprint density at radius 3 is 2.89 bits per heavy atom. The fourth-order valence-electron chi connectivity index (χ4n) is 0.383. The molecule has 0 fully saturated rings. The minimum atomic E-state index is 0.700. The van der Waals surface area contributed by atoms with Gasteiger partial charge in [0.15, 0.2) is 0 Å². The van der Waals surface area contributed by atoms with Crippen molar-refractivity contribution in [1.82, 2.24) is 0 Å². The first kappa shape index (κ1) is 8.21. The molecule has 0 bridgehead atoms. The standard InChI is InChI=1S/C7H12O2/c1-2-3-6-9-7-4-5-8/h4-5,7H,2-3,6H2,1H3/b7-4+. The van der Waals surface area contributed by atoms with Gasteiger partial charge in [0.2, 0.25) is 0 Å². The molecule has 0 unspecified atom stereocenters. The second kappa shape index (κ2) is 7.21. The van der Waals surface area contributed by atoms with Crippen LogP contribution in [0.25, 0.3) is 0 Å². The molecule has 0 saturated heterocycles. The van der Waals surface area contributed by atoms with Gasteiger partial charge in [-0.2, -0.15) is 0 Å². The Bertz CT molecular complexity index is 86.9. The molecule has 2 nitrogen and oxygen atoms in total. The van der Waals surface area contributed by atoms with E-state index < -0.39 is 0 Å². The summed E-state index contributed by atoms with van der Waals surface area (Å²) in [7, 11) is 0. The zero-order valence-corrected chi connectivity index (χ0v) is 5.67. The number of rotatable bonds is 5. The van der Waals surface area contributed by atoms with Crippen LogP contribution in [0.5, 0.6) is 0 Å². The molecule has 52 valence electrons. The summed E-state index contributed by atoms with van der Waals surface area (Å²) in [5.41, 5.74) is 0. The lowest BCUT2D eigenvalue weighted by atomic mass is 10.4. The summed E-state index contributed by atoms with van der Waals surface area (Å²) >= 11 is 0. The molecule has 2 heteroatoms. The summed E-state index contributed by atoms with van der Waals surface area (Å²) in [6.07, 6.45) is 5.63. The van der Waals surface area contributed by atoms with Gasteiger partial charge in [-0.1, -0.05) is 13.3 Å². The van der Waals surface area contributed by atoms with E-state index in [1.54, 1.807) is 0 Å². The Morgan fingerprint density at radius 1 is 1.56 bits per heavy atom. The van der Waals surface area contributed by atoms with Crippen LogP contribution in [0, 0.1) is 0 Å². The van der Waals surface area contributed by atoms with Crippen LogP contribution in [0.3, 0.4) is 0 Å². The average molecular weight is 128 g/mol. The predicted octanol–water partition coefficient (Wildman–Crippen LogP) is 1.52. The molecule has 0 spiro atoms. The van der Waals surface area contributed by atoms with E-state index in [9.17, 15) is 4.79 Å². The zero-order chi connectivity index (χ0) is 6.95. The van der Waals surface area contributed by atoms with Gasteiger partial charge in [-0.25, -0.2) is 0 Å². The van der Waals surface area contributed by atoms with Gasteiger partial charge in [-0.3, -0.25) is 4.79 Å². The van der Waals surface area contributed by atoms with Crippen LogP contribution in [-0.4, -0.2) is 12.9 Å². The quantitative estimate of drug-likeness (QED) is 0.243. The molecule has 0 aromatic heterocycles. The molecule has 9 heavy (non-hydrogen) atoms. The van der Waals surface area contributed by atoms with Crippen molar-refractivity contribution in [2.75, 3.05) is 6.61 Å². The number of unbranched alkanes of at least 4 members (excludes halogenated alkanes) is 1. The van der Waals surface area contributed by atoms with Gasteiger partial charge in [0.1, 0.15) is 6.29 Å². The molecule has 0 aliphatic carbocycles. The second-order valence-electron chi connectivity index (χ2n) is 1.69. The van der Waals surface area contributed by atoms with E-state index in [-0.39, 0.29) is 0 Å². The molecule has 0 saturated carbocycles. The lowest BCUT2D eigenvalue weighted by molar-refractivity contribution is -0.104. The maximum atomic E-state index is 9.67. The van der Waals surface area contributed by atoms with Crippen LogP contribution < -0.4 is 0 Å². The summed E-state index contributed by atoms with van der Waals surface area (Å²) in [5, 5.41) is 0. The number of hydrogen-bond donors (Lipinski definition) is 0. The largest absolute Gasteiger partial charge is 0.501 e. The Balaban J connectivity index is 2.90. The van der Waals surface area contributed by atoms with E-state index in [1.165, 1.54) is 12.3 Å². The summed E-state index contributed by atoms with van der Waals surface area (Å²) < 4.78 is 4.90. The third-order valence-electron chi connectivity index (χ3n) is 0.869. The molecule has 0 aromatic rings. The van der Waals surface area contributed by atoms with Gasteiger partial charge in [0.05, 0.1) is 12.9 Å². The van der Waals surface area contributed by atoms with Crippen molar-refractivity contribution in [2.45, 2.75) is 19.8 Å². The van der Waals surface area contributed by atoms with Crippen LogP contribution in [0.4, 0.5) is 0 Å². The maximum Gasteiger partial charge on any atom is 0.145 e. The van der Waals surface area contributed by atoms with E-state index in [1.807, 2.05) is 0 Å². The number of hydrogen-bond acceptors (Lipinski definition) is 2. The van der Waals surface area contributed by atoms with Crippen LogP contribution in [0.2, 0.25) is 0 Å². The number of allylic oxidation sites excluding steroid dienone is 1. The minimum Gasteiger partial charge on any atom is -0.501 e. The lowest BCUT2D eigenvalue weighted by Gasteiger charge is -1.94. The van der Waals surface area contributed by atoms with Crippen molar-refractivity contribution < 1.29 is 9.53 Å². The molecule has 0 aromatic carbocycles. The second-order valence-corrected chi connectivity index (χ2v) is 1.69. The first-order valence-electron chi connectivity index (χ1n) is 3.13. The summed E-state index contributed by atoms with van der Waals surface area (Å²) in [6, 6.07) is 0. The highest BCUT2D eigenvalue weighted by molar-refractivity contribution is 5.64. The van der Waals surface area contributed by atoms with Crippen molar-refractivity contribution in [3.63, 3.8) is 0 Å². The SMILES string of the molecule is CCCCO/C=C/C=O. The average Bonchev–Trinajstić information content (AvgIpc) is 1.89. The molecule has 0 rings (SSSR count). The van der Waals surface area contributed by atoms with Crippen molar-refractivity contribution in [2.24, 2.45) is 0 Å². The van der Waals surface area contributed by atoms with Gasteiger partial charge in [0, 0.05) is 6.08 Å². The molecule has 0 aliphatic heterocycles. The Kier molecular flexibility index (Phi) is 6.58. The summed E-state index contributed by atoms with van der Waals surface area (Å²) in [5.74, 6) is 0.